The van der Waals surface area contributed by atoms with Crippen LogP contribution in [0.1, 0.15) is 25.7 Å². The van der Waals surface area contributed by atoms with Crippen LogP contribution in [0.5, 0.6) is 0 Å². The van der Waals surface area contributed by atoms with E-state index in [1.807, 2.05) is 0 Å². The van der Waals surface area contributed by atoms with Gasteiger partial charge in [0, 0.05) is 0 Å². The van der Waals surface area contributed by atoms with Crippen molar-refractivity contribution in [2.75, 3.05) is 0 Å². The van der Waals surface area contributed by atoms with Crippen LogP contribution in [0.25, 0.3) is 0 Å². The van der Waals surface area contributed by atoms with Gasteiger partial charge >= 0.3 is 0 Å². The highest BCUT2D eigenvalue weighted by Crippen LogP contribution is 2.22. The maximum atomic E-state index is 9.98. The van der Waals surface area contributed by atoms with Crippen molar-refractivity contribution in [3.63, 3.8) is 0 Å². The second-order valence-electron chi connectivity index (χ2n) is 2.92. The maximum Gasteiger partial charge on any atom is 0.235 e. The molecule has 4 heteroatoms. The fourth-order valence-corrected chi connectivity index (χ4v) is 1.67. The Morgan fingerprint density at radius 3 is 2.50 bits per heavy atom. The zero-order valence-corrected chi connectivity index (χ0v) is 7.51. The molecule has 0 aromatic rings. The third-order valence-corrected chi connectivity index (χ3v) is 2.19. The highest BCUT2D eigenvalue weighted by atomic mass is 32.1. The summed E-state index contributed by atoms with van der Waals surface area (Å²) < 4.78 is 0. The first-order valence-corrected chi connectivity index (χ1v) is 4.41. The molecule has 1 aliphatic rings. The predicted octanol–water partition coefficient (Wildman–Crippen LogP) is 1.74. The van der Waals surface area contributed by atoms with Crippen molar-refractivity contribution in [2.45, 2.75) is 37.8 Å². The van der Waals surface area contributed by atoms with Gasteiger partial charge in [0.2, 0.25) is 6.08 Å². The fraction of sp³-hybridized carbons (Fsp3) is 0.750. The van der Waals surface area contributed by atoms with Crippen molar-refractivity contribution >= 4 is 23.5 Å². The molecular weight excluding hydrogens is 172 g/mol. The van der Waals surface area contributed by atoms with E-state index in [9.17, 15) is 4.79 Å². The number of carbonyl (C=O) groups excluding carboxylic acids is 1. The largest absolute Gasteiger partial charge is 0.235 e. The predicted molar refractivity (Wildman–Crippen MR) is 49.2 cm³/mol. The van der Waals surface area contributed by atoms with E-state index >= 15 is 0 Å². The lowest BCUT2D eigenvalue weighted by atomic mass is 9.92. The van der Waals surface area contributed by atoms with Crippen LogP contribution in [0.15, 0.2) is 9.98 Å². The van der Waals surface area contributed by atoms with Gasteiger partial charge in [-0.3, -0.25) is 0 Å². The molecule has 0 aromatic heterocycles. The molecule has 0 heterocycles. The third-order valence-electron chi connectivity index (χ3n) is 2.09. The Kier molecular flexibility index (Phi) is 3.81. The molecule has 0 spiro atoms. The Labute approximate surface area is 76.6 Å². The highest BCUT2D eigenvalue weighted by Gasteiger charge is 2.20. The molecular formula is C8H10N2OS. The van der Waals surface area contributed by atoms with E-state index < -0.39 is 0 Å². The molecule has 0 aromatic carbocycles. The maximum absolute atomic E-state index is 9.98. The van der Waals surface area contributed by atoms with E-state index in [0.29, 0.717) is 0 Å². The quantitative estimate of drug-likeness (QED) is 0.371. The first-order valence-electron chi connectivity index (χ1n) is 4.00. The minimum atomic E-state index is 0.105. The Hall–Kier alpha value is -0.820. The van der Waals surface area contributed by atoms with Gasteiger partial charge in [0.1, 0.15) is 0 Å². The third kappa shape index (κ3) is 2.67. The van der Waals surface area contributed by atoms with Gasteiger partial charge in [-0.2, -0.15) is 0 Å². The molecule has 1 saturated carbocycles. The molecule has 2 unspecified atom stereocenters. The molecule has 0 aliphatic heterocycles. The molecule has 1 rings (SSSR count). The Bertz CT molecular complexity index is 217. The number of hydrogen-bond donors (Lipinski definition) is 0. The van der Waals surface area contributed by atoms with Crippen LogP contribution >= 0.6 is 12.2 Å². The molecule has 0 amide bonds. The molecule has 1 fully saturated rings. The fourth-order valence-electron chi connectivity index (χ4n) is 1.52. The first kappa shape index (κ1) is 9.27. The zero-order chi connectivity index (χ0) is 8.81. The van der Waals surface area contributed by atoms with Crippen LogP contribution in [0.2, 0.25) is 0 Å². The summed E-state index contributed by atoms with van der Waals surface area (Å²) in [4.78, 5) is 17.7. The van der Waals surface area contributed by atoms with Crippen molar-refractivity contribution in [2.24, 2.45) is 9.98 Å². The van der Waals surface area contributed by atoms with E-state index in [0.717, 1.165) is 25.7 Å². The monoisotopic (exact) mass is 182 g/mol. The van der Waals surface area contributed by atoms with Gasteiger partial charge in [0.25, 0.3) is 0 Å². The summed E-state index contributed by atoms with van der Waals surface area (Å²) in [6, 6.07) is 0.326. The average molecular weight is 182 g/mol. The SMILES string of the molecule is O=C=NC1CCCC(N=C=S)C1. The van der Waals surface area contributed by atoms with Gasteiger partial charge in [-0.25, -0.2) is 14.8 Å². The lowest BCUT2D eigenvalue weighted by Gasteiger charge is -2.21. The molecule has 3 nitrogen and oxygen atoms in total. The van der Waals surface area contributed by atoms with Gasteiger partial charge in [-0.05, 0) is 37.9 Å². The van der Waals surface area contributed by atoms with Crippen molar-refractivity contribution < 1.29 is 4.79 Å². The van der Waals surface area contributed by atoms with E-state index in [-0.39, 0.29) is 12.1 Å². The smallest absolute Gasteiger partial charge is 0.229 e. The van der Waals surface area contributed by atoms with Crippen LogP contribution < -0.4 is 0 Å². The van der Waals surface area contributed by atoms with Gasteiger partial charge in [0.15, 0.2) is 0 Å². The summed E-state index contributed by atoms with van der Waals surface area (Å²) in [7, 11) is 0. The normalized spacial score (nSPS) is 28.3. The minimum absolute atomic E-state index is 0.105. The van der Waals surface area contributed by atoms with Crippen LogP contribution in [0.4, 0.5) is 0 Å². The van der Waals surface area contributed by atoms with Crippen molar-refractivity contribution in [3.05, 3.63) is 0 Å². The Balaban J connectivity index is 2.50. The van der Waals surface area contributed by atoms with Gasteiger partial charge < -0.3 is 0 Å². The summed E-state index contributed by atoms with van der Waals surface area (Å²) in [6.07, 6.45) is 5.47. The van der Waals surface area contributed by atoms with E-state index in [1.165, 1.54) is 0 Å². The number of aliphatic imine (C=N–C) groups is 2. The highest BCUT2D eigenvalue weighted by molar-refractivity contribution is 7.78. The van der Waals surface area contributed by atoms with Gasteiger partial charge in [-0.15, -0.1) is 0 Å². The molecule has 12 heavy (non-hydrogen) atoms. The van der Waals surface area contributed by atoms with Crippen LogP contribution in [-0.4, -0.2) is 23.3 Å². The molecule has 1 aliphatic carbocycles. The topological polar surface area (TPSA) is 41.8 Å². The standard InChI is InChI=1S/C8H10N2OS/c11-5-9-7-2-1-3-8(4-7)10-6-12/h7-8H,1-4H2. The second kappa shape index (κ2) is 4.94. The summed E-state index contributed by atoms with van der Waals surface area (Å²) in [6.45, 7) is 0. The average Bonchev–Trinajstić information content (AvgIpc) is 2.06. The van der Waals surface area contributed by atoms with Crippen LogP contribution in [0.3, 0.4) is 0 Å². The molecule has 0 N–H and O–H groups in total. The van der Waals surface area contributed by atoms with Crippen molar-refractivity contribution in [1.82, 2.24) is 0 Å². The summed E-state index contributed by atoms with van der Waals surface area (Å²) in [5, 5.41) is 2.37. The van der Waals surface area contributed by atoms with Gasteiger partial charge in [-0.1, -0.05) is 0 Å². The lowest BCUT2D eigenvalue weighted by Crippen LogP contribution is -2.20. The molecule has 0 saturated heterocycles. The Morgan fingerprint density at radius 1 is 1.25 bits per heavy atom. The Morgan fingerprint density at radius 2 is 1.92 bits per heavy atom. The lowest BCUT2D eigenvalue weighted by molar-refractivity contribution is 0.395. The van der Waals surface area contributed by atoms with E-state index in [2.05, 4.69) is 27.4 Å². The van der Waals surface area contributed by atoms with Gasteiger partial charge in [0.05, 0.1) is 17.2 Å². The zero-order valence-electron chi connectivity index (χ0n) is 6.69. The van der Waals surface area contributed by atoms with E-state index in [4.69, 9.17) is 0 Å². The molecule has 0 radical (unpaired) electrons. The number of isothiocyanates is 1. The number of isocyanates is 1. The number of nitrogens with zero attached hydrogens (tertiary/aromatic N) is 2. The first-order chi connectivity index (χ1) is 5.86. The van der Waals surface area contributed by atoms with Crippen LogP contribution in [0, 0.1) is 0 Å². The van der Waals surface area contributed by atoms with Crippen molar-refractivity contribution in [1.29, 1.82) is 0 Å². The molecule has 2 atom stereocenters. The summed E-state index contributed by atoms with van der Waals surface area (Å²) >= 11 is 4.51. The van der Waals surface area contributed by atoms with E-state index in [1.54, 1.807) is 6.08 Å². The number of hydrogen-bond acceptors (Lipinski definition) is 4. The van der Waals surface area contributed by atoms with Crippen molar-refractivity contribution in [3.8, 4) is 0 Å². The number of thiocarbonyl (C=S) groups is 1. The summed E-state index contributed by atoms with van der Waals surface area (Å²) in [5.41, 5.74) is 0. The minimum Gasteiger partial charge on any atom is -0.229 e. The summed E-state index contributed by atoms with van der Waals surface area (Å²) in [5.74, 6) is 0. The molecule has 64 valence electrons. The van der Waals surface area contributed by atoms with Crippen LogP contribution in [-0.2, 0) is 4.79 Å². The molecule has 0 bridgehead atoms. The number of rotatable bonds is 2. The second-order valence-corrected chi connectivity index (χ2v) is 3.10.